The van der Waals surface area contributed by atoms with Crippen LogP contribution in [-0.4, -0.2) is 92.4 Å². The molecule has 0 saturated carbocycles. The predicted octanol–water partition coefficient (Wildman–Crippen LogP) is 5.17. The zero-order chi connectivity index (χ0) is 42.8. The average molecular weight is 852 g/mol. The maximum absolute atomic E-state index is 14.4. The minimum Gasteiger partial charge on any atom is -0.481 e. The van der Waals surface area contributed by atoms with Crippen LogP contribution in [0.1, 0.15) is 46.0 Å². The maximum Gasteiger partial charge on any atom is 0.512 e. The van der Waals surface area contributed by atoms with Crippen LogP contribution in [0, 0.1) is 11.3 Å². The summed E-state index contributed by atoms with van der Waals surface area (Å²) in [6.07, 6.45) is 2.50. The number of carboxylic acids is 1. The molecule has 1 saturated heterocycles. The first-order chi connectivity index (χ1) is 28.2. The molecule has 0 aliphatic carbocycles. The summed E-state index contributed by atoms with van der Waals surface area (Å²) < 4.78 is 56.0. The van der Waals surface area contributed by atoms with Gasteiger partial charge in [-0.1, -0.05) is 80.1 Å². The Morgan fingerprint density at radius 1 is 0.949 bits per heavy atom. The molecule has 0 spiro atoms. The van der Waals surface area contributed by atoms with Crippen molar-refractivity contribution in [2.45, 2.75) is 56.9 Å². The highest BCUT2D eigenvalue weighted by Gasteiger charge is 2.33. The van der Waals surface area contributed by atoms with Crippen LogP contribution < -0.4 is 29.9 Å². The van der Waals surface area contributed by atoms with Gasteiger partial charge in [0.05, 0.1) is 11.3 Å². The highest BCUT2D eigenvalue weighted by molar-refractivity contribution is 7.89. The van der Waals surface area contributed by atoms with E-state index in [1.165, 1.54) is 17.0 Å². The van der Waals surface area contributed by atoms with Gasteiger partial charge in [-0.2, -0.15) is 9.81 Å². The first-order valence-corrected chi connectivity index (χ1v) is 22.4. The number of para-hydroxylation sites is 2. The van der Waals surface area contributed by atoms with Crippen molar-refractivity contribution in [2.75, 3.05) is 39.3 Å². The maximum atomic E-state index is 14.4. The van der Waals surface area contributed by atoms with E-state index in [1.807, 2.05) is 19.1 Å². The van der Waals surface area contributed by atoms with Crippen molar-refractivity contribution in [3.05, 3.63) is 103 Å². The molecule has 0 unspecified atom stereocenters. The van der Waals surface area contributed by atoms with Crippen molar-refractivity contribution < 1.29 is 41.5 Å². The fourth-order valence-corrected chi connectivity index (χ4v) is 8.85. The number of likely N-dealkylation sites (tertiary alicyclic amines) is 1. The topological polar surface area (TPSA) is 234 Å². The molecule has 0 aromatic heterocycles. The second-order valence-corrected chi connectivity index (χ2v) is 17.3. The van der Waals surface area contributed by atoms with Gasteiger partial charge in [0.15, 0.2) is 5.96 Å². The van der Waals surface area contributed by atoms with E-state index in [4.69, 9.17) is 30.1 Å². The predicted molar refractivity (Wildman–Crippen MR) is 226 cm³/mol. The molecule has 318 valence electrons. The lowest BCUT2D eigenvalue weighted by Crippen LogP contribution is -2.52. The number of hydrogen-bond acceptors (Lipinski definition) is 9. The number of aliphatic carboxylic acids is 1. The van der Waals surface area contributed by atoms with Crippen molar-refractivity contribution >= 4 is 52.3 Å². The molecule has 2 amide bonds. The zero-order valence-corrected chi connectivity index (χ0v) is 35.0. The number of nitrogens with two attached hydrogens (primary N) is 1. The van der Waals surface area contributed by atoms with Crippen molar-refractivity contribution in [1.82, 2.24) is 24.9 Å². The monoisotopic (exact) mass is 851 g/mol. The summed E-state index contributed by atoms with van der Waals surface area (Å²) in [5.74, 6) is -1.33. The van der Waals surface area contributed by atoms with Crippen LogP contribution in [0.15, 0.2) is 108 Å². The number of fused-ring (bicyclic) bond motifs is 1. The molecular weight excluding hydrogens is 798 g/mol. The summed E-state index contributed by atoms with van der Waals surface area (Å²) in [6, 6.07) is 27.6. The quantitative estimate of drug-likeness (QED) is 0.0407. The molecule has 4 aromatic carbocycles. The number of carboxylic acid groups (broad SMARTS) is 1. The fraction of sp³-hybridized carbons (Fsp3) is 0.366. The lowest BCUT2D eigenvalue weighted by molar-refractivity contribution is -0.135. The van der Waals surface area contributed by atoms with Crippen LogP contribution in [0.3, 0.4) is 0 Å². The van der Waals surface area contributed by atoms with Gasteiger partial charge in [-0.3, -0.25) is 19.8 Å². The van der Waals surface area contributed by atoms with E-state index >= 15 is 0 Å². The van der Waals surface area contributed by atoms with Crippen LogP contribution in [0.5, 0.6) is 11.5 Å². The number of hydrogen-bond donors (Lipinski definition) is 6. The Kier molecular flexibility index (Phi) is 17.7. The van der Waals surface area contributed by atoms with Crippen molar-refractivity contribution in [3.63, 3.8) is 0 Å². The summed E-state index contributed by atoms with van der Waals surface area (Å²) in [5.41, 5.74) is 5.69. The molecule has 0 bridgehead atoms. The SMILES string of the molecule is CC(=O)O.CCCCN(CCNP(=O)(Oc1ccccc1)Oc1ccccc1)C(=O)[C@H](CC(=O)NC[C@@H]1CCCN(C(=N)N)C1)NS(=O)(=O)c1ccc2ccccc2c1. The number of benzene rings is 4. The first kappa shape index (κ1) is 46.2. The minimum absolute atomic E-state index is 0.00208. The summed E-state index contributed by atoms with van der Waals surface area (Å²) in [5, 5.41) is 22.5. The Balaban J connectivity index is 0.00000184. The number of sulfonamides is 1. The first-order valence-electron chi connectivity index (χ1n) is 19.4. The molecular formula is C41H54N7O9PS. The lowest BCUT2D eigenvalue weighted by atomic mass is 9.98. The molecule has 5 rings (SSSR count). The Morgan fingerprint density at radius 2 is 1.54 bits per heavy atom. The number of amides is 2. The normalized spacial score (nSPS) is 14.6. The molecule has 1 aliphatic heterocycles. The van der Waals surface area contributed by atoms with Crippen LogP contribution in [0.4, 0.5) is 0 Å². The molecule has 4 aromatic rings. The van der Waals surface area contributed by atoms with Gasteiger partial charge >= 0.3 is 7.75 Å². The third-order valence-corrected chi connectivity index (χ3v) is 12.2. The molecule has 18 heteroatoms. The van der Waals surface area contributed by atoms with Gasteiger partial charge < -0.3 is 35.0 Å². The smallest absolute Gasteiger partial charge is 0.481 e. The van der Waals surface area contributed by atoms with E-state index in [-0.39, 0.29) is 43.0 Å². The fourth-order valence-electron chi connectivity index (χ4n) is 6.28. The van der Waals surface area contributed by atoms with Gasteiger partial charge in [0.2, 0.25) is 21.8 Å². The van der Waals surface area contributed by atoms with E-state index in [0.717, 1.165) is 31.6 Å². The van der Waals surface area contributed by atoms with Crippen LogP contribution in [-0.2, 0) is 29.0 Å². The molecule has 0 radical (unpaired) electrons. The minimum atomic E-state index is -4.28. The van der Waals surface area contributed by atoms with E-state index in [9.17, 15) is 22.6 Å². The molecule has 1 heterocycles. The Hall–Kier alpha value is -5.48. The van der Waals surface area contributed by atoms with Crippen molar-refractivity contribution in [3.8, 4) is 11.5 Å². The third kappa shape index (κ3) is 15.3. The van der Waals surface area contributed by atoms with Gasteiger partial charge in [0, 0.05) is 46.2 Å². The van der Waals surface area contributed by atoms with E-state index < -0.39 is 48.0 Å². The van der Waals surface area contributed by atoms with Crippen LogP contribution in [0.25, 0.3) is 10.8 Å². The molecule has 1 fully saturated rings. The van der Waals surface area contributed by atoms with E-state index in [1.54, 1.807) is 83.8 Å². The van der Waals surface area contributed by atoms with Gasteiger partial charge in [-0.05, 0) is 72.4 Å². The lowest BCUT2D eigenvalue weighted by Gasteiger charge is -2.33. The standard InChI is InChI=1S/C39H50N7O7PS.C2H4O2/c1-2-3-23-45(25-22-43-54(49,52-33-16-6-4-7-17-33)53-34-18-8-5-9-19-34)38(48)36(27-37(47)42-28-30-13-12-24-46(29-30)39(40)41)44-55(50,51)35-21-20-31-14-10-11-15-32(31)26-35;1-2(3)4/h4-11,14-21,26,30,36,44H,2-3,12-13,22-25,27-29H2,1H3,(H3,40,41)(H,42,47)(H,43,49);1H3,(H,3,4)/t30-,36-;/m0./s1. The summed E-state index contributed by atoms with van der Waals surface area (Å²) in [7, 11) is -8.32. The average Bonchev–Trinajstić information content (AvgIpc) is 3.21. The Morgan fingerprint density at radius 3 is 2.14 bits per heavy atom. The van der Waals surface area contributed by atoms with Gasteiger partial charge in [0.25, 0.3) is 5.97 Å². The highest BCUT2D eigenvalue weighted by Crippen LogP contribution is 2.44. The number of carbonyl (C=O) groups is 3. The largest absolute Gasteiger partial charge is 0.512 e. The van der Waals surface area contributed by atoms with Crippen LogP contribution in [0.2, 0.25) is 0 Å². The van der Waals surface area contributed by atoms with E-state index in [2.05, 4.69) is 15.1 Å². The van der Waals surface area contributed by atoms with Gasteiger partial charge in [-0.25, -0.2) is 13.0 Å². The zero-order valence-electron chi connectivity index (χ0n) is 33.3. The Labute approximate surface area is 345 Å². The number of nitrogens with zero attached hydrogens (tertiary/aromatic N) is 2. The van der Waals surface area contributed by atoms with Crippen molar-refractivity contribution in [2.24, 2.45) is 11.7 Å². The third-order valence-electron chi connectivity index (χ3n) is 9.18. The molecule has 2 atom stereocenters. The summed E-state index contributed by atoms with van der Waals surface area (Å²) in [6.45, 7) is 4.71. The number of rotatable bonds is 19. The van der Waals surface area contributed by atoms with Crippen LogP contribution >= 0.6 is 7.75 Å². The second-order valence-electron chi connectivity index (χ2n) is 13.9. The molecule has 1 aliphatic rings. The number of nitrogens with one attached hydrogen (secondary N) is 4. The summed E-state index contributed by atoms with van der Waals surface area (Å²) >= 11 is 0. The Bertz CT molecular complexity index is 2110. The number of piperidine rings is 1. The van der Waals surface area contributed by atoms with Gasteiger partial charge in [-0.15, -0.1) is 0 Å². The second kappa shape index (κ2) is 22.6. The van der Waals surface area contributed by atoms with Gasteiger partial charge in [0.1, 0.15) is 17.5 Å². The van der Waals surface area contributed by atoms with E-state index in [0.29, 0.717) is 36.4 Å². The molecule has 16 nitrogen and oxygen atoms in total. The highest BCUT2D eigenvalue weighted by atomic mass is 32.2. The number of carbonyl (C=O) groups excluding carboxylic acids is 2. The van der Waals surface area contributed by atoms with Crippen molar-refractivity contribution in [1.29, 1.82) is 5.41 Å². The number of guanidine groups is 1. The molecule has 7 N–H and O–H groups in total. The molecule has 59 heavy (non-hydrogen) atoms. The summed E-state index contributed by atoms with van der Waals surface area (Å²) in [4.78, 5) is 40.0. The number of unbranched alkanes of at least 4 members (excludes halogenated alkanes) is 1.